The highest BCUT2D eigenvalue weighted by atomic mass is 16.6. The summed E-state index contributed by atoms with van der Waals surface area (Å²) in [6.07, 6.45) is 5.92. The van der Waals surface area contributed by atoms with Crippen LogP contribution in [0.1, 0.15) is 69.9 Å². The van der Waals surface area contributed by atoms with Crippen LogP contribution in [0.3, 0.4) is 0 Å². The molecule has 0 unspecified atom stereocenters. The van der Waals surface area contributed by atoms with Crippen molar-refractivity contribution in [1.29, 1.82) is 0 Å². The molecule has 0 aliphatic heterocycles. The Morgan fingerprint density at radius 1 is 1.18 bits per heavy atom. The summed E-state index contributed by atoms with van der Waals surface area (Å²) in [4.78, 5) is 22.9. The zero-order valence-corrected chi connectivity index (χ0v) is 19.7. The monoisotopic (exact) mass is 462 g/mol. The fraction of sp³-hybridized carbons (Fsp3) is 0.692. The van der Waals surface area contributed by atoms with Gasteiger partial charge in [0.15, 0.2) is 6.61 Å². The number of carboxylic acid groups (broad SMARTS) is 1. The Morgan fingerprint density at radius 2 is 1.97 bits per heavy atom. The third kappa shape index (κ3) is 6.70. The summed E-state index contributed by atoms with van der Waals surface area (Å²) < 4.78 is 11.1. The predicted molar refractivity (Wildman–Crippen MR) is 123 cm³/mol. The summed E-state index contributed by atoms with van der Waals surface area (Å²) in [5.41, 5.74) is 2.23. The number of rotatable bonds is 12. The Hall–Kier alpha value is -2.12. The molecule has 0 amide bonds. The van der Waals surface area contributed by atoms with Gasteiger partial charge in [-0.05, 0) is 86.8 Å². The highest BCUT2D eigenvalue weighted by Crippen LogP contribution is 2.48. The van der Waals surface area contributed by atoms with Crippen LogP contribution in [0.4, 0.5) is 0 Å². The standard InChI is InChI=1S/C26H38O7/c1-3-4-5-8-19(33-26(31)16(2)27)10-11-20-21-12-17-7-6-9-24(32-15-25(29)30)22(17)13-18(21)14-23(20)28/h6-7,9,16,18-21,23,27-28H,3-5,8,10-15H2,1-2H3,(H,29,30)/t16-,18-,19-,20+,21-,23+/m0/s1. The van der Waals surface area contributed by atoms with Gasteiger partial charge in [0.2, 0.25) is 0 Å². The fourth-order valence-corrected chi connectivity index (χ4v) is 5.60. The van der Waals surface area contributed by atoms with Crippen molar-refractivity contribution in [2.75, 3.05) is 6.61 Å². The Morgan fingerprint density at radius 3 is 2.67 bits per heavy atom. The molecule has 2 aliphatic rings. The van der Waals surface area contributed by atoms with E-state index in [4.69, 9.17) is 14.6 Å². The van der Waals surface area contributed by atoms with E-state index in [0.717, 1.165) is 56.9 Å². The molecule has 0 bridgehead atoms. The van der Waals surface area contributed by atoms with Crippen molar-refractivity contribution >= 4 is 11.9 Å². The second kappa shape index (κ2) is 11.8. The number of carbonyl (C=O) groups is 2. The zero-order chi connectivity index (χ0) is 24.0. The molecule has 7 heteroatoms. The average molecular weight is 463 g/mol. The second-order valence-electron chi connectivity index (χ2n) is 9.68. The van der Waals surface area contributed by atoms with Crippen LogP contribution in [0, 0.1) is 17.8 Å². The van der Waals surface area contributed by atoms with Gasteiger partial charge in [-0.2, -0.15) is 0 Å². The lowest BCUT2D eigenvalue weighted by Gasteiger charge is -2.32. The minimum absolute atomic E-state index is 0.130. The Labute approximate surface area is 196 Å². The molecule has 3 N–H and O–H groups in total. The highest BCUT2D eigenvalue weighted by molar-refractivity contribution is 5.74. The summed E-state index contributed by atoms with van der Waals surface area (Å²) in [7, 11) is 0. The van der Waals surface area contributed by atoms with E-state index >= 15 is 0 Å². The van der Waals surface area contributed by atoms with E-state index in [9.17, 15) is 19.8 Å². The second-order valence-corrected chi connectivity index (χ2v) is 9.68. The highest BCUT2D eigenvalue weighted by Gasteiger charge is 2.45. The van der Waals surface area contributed by atoms with E-state index < -0.39 is 24.1 Å². The Bertz CT molecular complexity index is 806. The molecule has 1 saturated carbocycles. The third-order valence-corrected chi connectivity index (χ3v) is 7.27. The molecule has 0 heterocycles. The third-order valence-electron chi connectivity index (χ3n) is 7.27. The van der Waals surface area contributed by atoms with Gasteiger partial charge in [0, 0.05) is 0 Å². The van der Waals surface area contributed by atoms with Crippen molar-refractivity contribution < 1.29 is 34.4 Å². The molecule has 6 atom stereocenters. The van der Waals surface area contributed by atoms with E-state index in [1.807, 2.05) is 12.1 Å². The van der Waals surface area contributed by atoms with Gasteiger partial charge in [-0.3, -0.25) is 0 Å². The molecule has 0 spiro atoms. The van der Waals surface area contributed by atoms with E-state index in [1.165, 1.54) is 12.5 Å². The number of carbonyl (C=O) groups excluding carboxylic acids is 1. The first-order valence-corrected chi connectivity index (χ1v) is 12.3. The maximum Gasteiger partial charge on any atom is 0.341 e. The topological polar surface area (TPSA) is 113 Å². The van der Waals surface area contributed by atoms with Gasteiger partial charge in [0.1, 0.15) is 18.0 Å². The van der Waals surface area contributed by atoms with Crippen LogP contribution in [0.5, 0.6) is 5.75 Å². The maximum absolute atomic E-state index is 12.0. The number of unbranched alkanes of at least 4 members (excludes halogenated alkanes) is 2. The lowest BCUT2D eigenvalue weighted by Crippen LogP contribution is -2.30. The fourth-order valence-electron chi connectivity index (χ4n) is 5.60. The molecule has 1 aromatic rings. The van der Waals surface area contributed by atoms with Gasteiger partial charge < -0.3 is 24.8 Å². The SMILES string of the molecule is CCCCC[C@@H](CC[C@@H]1[C@H]2Cc3cccc(OCC(=O)O)c3C[C@H]2C[C@H]1O)OC(=O)[C@H](C)O. The van der Waals surface area contributed by atoms with Gasteiger partial charge in [-0.1, -0.05) is 31.9 Å². The molecule has 184 valence electrons. The molecular weight excluding hydrogens is 424 g/mol. The number of hydrogen-bond acceptors (Lipinski definition) is 6. The summed E-state index contributed by atoms with van der Waals surface area (Å²) >= 11 is 0. The first-order valence-electron chi connectivity index (χ1n) is 12.3. The van der Waals surface area contributed by atoms with Gasteiger partial charge in [-0.25, -0.2) is 9.59 Å². The molecule has 33 heavy (non-hydrogen) atoms. The number of esters is 1. The van der Waals surface area contributed by atoms with Crippen molar-refractivity contribution in [3.05, 3.63) is 29.3 Å². The number of fused-ring (bicyclic) bond motifs is 2. The van der Waals surface area contributed by atoms with Crippen molar-refractivity contribution in [1.82, 2.24) is 0 Å². The number of hydrogen-bond donors (Lipinski definition) is 3. The smallest absolute Gasteiger partial charge is 0.341 e. The summed E-state index contributed by atoms with van der Waals surface area (Å²) in [5.74, 6) is -0.154. The van der Waals surface area contributed by atoms with Crippen LogP contribution >= 0.6 is 0 Å². The van der Waals surface area contributed by atoms with Crippen molar-refractivity contribution in [2.24, 2.45) is 17.8 Å². The number of carboxylic acids is 1. The number of aliphatic carboxylic acids is 1. The predicted octanol–water partition coefficient (Wildman–Crippen LogP) is 3.51. The Kier molecular flexibility index (Phi) is 9.15. The van der Waals surface area contributed by atoms with Crippen LogP contribution in [0.2, 0.25) is 0 Å². The average Bonchev–Trinajstić information content (AvgIpc) is 3.08. The minimum atomic E-state index is -1.13. The van der Waals surface area contributed by atoms with Crippen LogP contribution in [0.25, 0.3) is 0 Å². The van der Waals surface area contributed by atoms with Gasteiger partial charge in [-0.15, -0.1) is 0 Å². The molecule has 3 rings (SSSR count). The summed E-state index contributed by atoms with van der Waals surface area (Å²) in [6, 6.07) is 5.79. The molecule has 0 radical (unpaired) electrons. The van der Waals surface area contributed by atoms with Crippen molar-refractivity contribution in [2.45, 2.75) is 89.9 Å². The van der Waals surface area contributed by atoms with E-state index in [-0.39, 0.29) is 18.6 Å². The van der Waals surface area contributed by atoms with Gasteiger partial charge >= 0.3 is 11.9 Å². The van der Waals surface area contributed by atoms with E-state index in [2.05, 4.69) is 13.0 Å². The number of benzene rings is 1. The lowest BCUT2D eigenvalue weighted by molar-refractivity contribution is -0.159. The number of ether oxygens (including phenoxy) is 2. The molecule has 1 aromatic carbocycles. The maximum atomic E-state index is 12.0. The molecule has 7 nitrogen and oxygen atoms in total. The minimum Gasteiger partial charge on any atom is -0.482 e. The first kappa shape index (κ1) is 25.5. The molecule has 2 aliphatic carbocycles. The van der Waals surface area contributed by atoms with Crippen LogP contribution in [-0.2, 0) is 27.2 Å². The first-order chi connectivity index (χ1) is 15.8. The molecule has 0 aromatic heterocycles. The summed E-state index contributed by atoms with van der Waals surface area (Å²) in [5, 5.41) is 29.4. The quantitative estimate of drug-likeness (QED) is 0.322. The van der Waals surface area contributed by atoms with Gasteiger partial charge in [0.25, 0.3) is 0 Å². The molecule has 1 fully saturated rings. The van der Waals surface area contributed by atoms with Crippen molar-refractivity contribution in [3.63, 3.8) is 0 Å². The lowest BCUT2D eigenvalue weighted by atomic mass is 9.73. The summed E-state index contributed by atoms with van der Waals surface area (Å²) in [6.45, 7) is 3.19. The zero-order valence-electron chi connectivity index (χ0n) is 19.7. The van der Waals surface area contributed by atoms with Crippen LogP contribution in [-0.4, -0.2) is 52.2 Å². The number of aliphatic hydroxyl groups excluding tert-OH is 2. The normalized spacial score (nSPS) is 25.6. The van der Waals surface area contributed by atoms with E-state index in [0.29, 0.717) is 24.0 Å². The Balaban J connectivity index is 1.66. The van der Waals surface area contributed by atoms with Crippen LogP contribution < -0.4 is 4.74 Å². The number of aliphatic hydroxyl groups is 2. The molecular formula is C26H38O7. The van der Waals surface area contributed by atoms with Crippen LogP contribution in [0.15, 0.2) is 18.2 Å². The van der Waals surface area contributed by atoms with E-state index in [1.54, 1.807) is 0 Å². The van der Waals surface area contributed by atoms with Crippen molar-refractivity contribution in [3.8, 4) is 5.75 Å². The van der Waals surface area contributed by atoms with Gasteiger partial charge in [0.05, 0.1) is 6.10 Å². The molecule has 0 saturated heterocycles. The largest absolute Gasteiger partial charge is 0.482 e.